The molecule has 1 heterocycles. The molecular formula is C20H15Cl2N3O2. The van der Waals surface area contributed by atoms with E-state index in [1.54, 1.807) is 43.3 Å². The molecule has 3 rings (SSSR count). The van der Waals surface area contributed by atoms with Crippen LogP contribution in [0.25, 0.3) is 17.0 Å². The number of pyridine rings is 1. The Labute approximate surface area is 165 Å². The van der Waals surface area contributed by atoms with E-state index in [0.717, 1.165) is 0 Å². The van der Waals surface area contributed by atoms with Crippen molar-refractivity contribution >= 4 is 57.7 Å². The van der Waals surface area contributed by atoms with Crippen LogP contribution in [0, 0.1) is 6.92 Å². The van der Waals surface area contributed by atoms with E-state index in [0.29, 0.717) is 33.4 Å². The first-order chi connectivity index (χ1) is 12.8. The highest BCUT2D eigenvalue weighted by molar-refractivity contribution is 6.40. The molecule has 0 fully saturated rings. The number of hydrogen-bond donors (Lipinski definition) is 2. The molecule has 1 aromatic heterocycles. The number of nitrogens with two attached hydrogens (primary N) is 1. The minimum Gasteiger partial charge on any atom is -0.366 e. The first-order valence-corrected chi connectivity index (χ1v) is 8.71. The van der Waals surface area contributed by atoms with Crippen LogP contribution in [-0.4, -0.2) is 16.8 Å². The molecule has 0 bridgehead atoms. The fourth-order valence-electron chi connectivity index (χ4n) is 2.94. The molecule has 0 unspecified atom stereocenters. The van der Waals surface area contributed by atoms with Gasteiger partial charge in [0, 0.05) is 16.6 Å². The molecule has 0 aliphatic rings. The van der Waals surface area contributed by atoms with E-state index in [9.17, 15) is 9.59 Å². The lowest BCUT2D eigenvalue weighted by molar-refractivity contribution is 0.0999. The van der Waals surface area contributed by atoms with Gasteiger partial charge in [-0.3, -0.25) is 14.6 Å². The van der Waals surface area contributed by atoms with Crippen molar-refractivity contribution in [3.05, 3.63) is 75.4 Å². The number of carbonyl (C=O) groups is 2. The lowest BCUT2D eigenvalue weighted by atomic mass is 9.99. The average molecular weight is 400 g/mol. The quantitative estimate of drug-likeness (QED) is 0.657. The van der Waals surface area contributed by atoms with Crippen molar-refractivity contribution in [1.29, 1.82) is 0 Å². The number of anilines is 1. The van der Waals surface area contributed by atoms with Crippen LogP contribution in [0.4, 0.5) is 5.69 Å². The van der Waals surface area contributed by atoms with Crippen molar-refractivity contribution in [1.82, 2.24) is 4.98 Å². The number of hydrogen-bond acceptors (Lipinski definition) is 3. The van der Waals surface area contributed by atoms with Crippen LogP contribution in [0.1, 0.15) is 32.0 Å². The first-order valence-electron chi connectivity index (χ1n) is 7.96. The van der Waals surface area contributed by atoms with Crippen molar-refractivity contribution in [2.24, 2.45) is 5.73 Å². The van der Waals surface area contributed by atoms with E-state index in [4.69, 9.17) is 28.9 Å². The van der Waals surface area contributed by atoms with Crippen LogP contribution < -0.4 is 11.1 Å². The van der Waals surface area contributed by atoms with Crippen LogP contribution in [0.15, 0.2) is 43.0 Å². The van der Waals surface area contributed by atoms with Crippen LogP contribution in [0.2, 0.25) is 10.0 Å². The zero-order chi connectivity index (χ0) is 19.7. The summed E-state index contributed by atoms with van der Waals surface area (Å²) in [7, 11) is 0. The SMILES string of the molecule is C=Cc1c(C)nc2c(NC(=O)c3c(Cl)cccc3Cl)cccc2c1C(N)=O. The fraction of sp³-hybridized carbons (Fsp3) is 0.0500. The molecule has 0 aliphatic carbocycles. The number of benzene rings is 2. The normalized spacial score (nSPS) is 10.6. The van der Waals surface area contributed by atoms with Crippen molar-refractivity contribution in [2.45, 2.75) is 6.92 Å². The highest BCUT2D eigenvalue weighted by atomic mass is 35.5. The molecule has 27 heavy (non-hydrogen) atoms. The zero-order valence-corrected chi connectivity index (χ0v) is 15.9. The number of rotatable bonds is 4. The molecule has 2 aromatic carbocycles. The van der Waals surface area contributed by atoms with Gasteiger partial charge in [-0.2, -0.15) is 0 Å². The summed E-state index contributed by atoms with van der Waals surface area (Å²) >= 11 is 12.2. The maximum absolute atomic E-state index is 12.7. The second-order valence-corrected chi connectivity index (χ2v) is 6.62. The highest BCUT2D eigenvalue weighted by Crippen LogP contribution is 2.30. The predicted molar refractivity (Wildman–Crippen MR) is 110 cm³/mol. The van der Waals surface area contributed by atoms with E-state index in [1.807, 2.05) is 0 Å². The Morgan fingerprint density at radius 2 is 1.74 bits per heavy atom. The summed E-state index contributed by atoms with van der Waals surface area (Å²) in [6, 6.07) is 9.90. The molecule has 2 amide bonds. The van der Waals surface area contributed by atoms with Crippen molar-refractivity contribution in [2.75, 3.05) is 5.32 Å². The van der Waals surface area contributed by atoms with Gasteiger partial charge in [-0.25, -0.2) is 0 Å². The summed E-state index contributed by atoms with van der Waals surface area (Å²) in [6.07, 6.45) is 1.54. The van der Waals surface area contributed by atoms with Gasteiger partial charge in [-0.1, -0.05) is 54.1 Å². The number of fused-ring (bicyclic) bond motifs is 1. The minimum absolute atomic E-state index is 0.160. The summed E-state index contributed by atoms with van der Waals surface area (Å²) in [4.78, 5) is 29.2. The zero-order valence-electron chi connectivity index (χ0n) is 14.3. The summed E-state index contributed by atoms with van der Waals surface area (Å²) in [5.41, 5.74) is 8.02. The third-order valence-electron chi connectivity index (χ3n) is 4.13. The van der Waals surface area contributed by atoms with E-state index < -0.39 is 11.8 Å². The Morgan fingerprint density at radius 1 is 1.11 bits per heavy atom. The van der Waals surface area contributed by atoms with Gasteiger partial charge in [0.05, 0.1) is 32.4 Å². The number of halogens is 2. The van der Waals surface area contributed by atoms with Gasteiger partial charge in [-0.15, -0.1) is 0 Å². The van der Waals surface area contributed by atoms with Crippen molar-refractivity contribution < 1.29 is 9.59 Å². The van der Waals surface area contributed by atoms with E-state index in [1.165, 1.54) is 6.08 Å². The third kappa shape index (κ3) is 3.39. The summed E-state index contributed by atoms with van der Waals surface area (Å²) in [5, 5.41) is 3.75. The van der Waals surface area contributed by atoms with E-state index >= 15 is 0 Å². The van der Waals surface area contributed by atoms with Gasteiger partial charge in [-0.05, 0) is 25.1 Å². The second kappa shape index (κ2) is 7.39. The molecule has 0 saturated carbocycles. The fourth-order valence-corrected chi connectivity index (χ4v) is 3.50. The molecule has 0 spiro atoms. The maximum atomic E-state index is 12.7. The molecule has 7 heteroatoms. The summed E-state index contributed by atoms with van der Waals surface area (Å²) in [6.45, 7) is 5.47. The van der Waals surface area contributed by atoms with Gasteiger partial charge < -0.3 is 11.1 Å². The van der Waals surface area contributed by atoms with Gasteiger partial charge in [0.15, 0.2) is 0 Å². The number of nitrogens with one attached hydrogen (secondary N) is 1. The van der Waals surface area contributed by atoms with Crippen LogP contribution in [-0.2, 0) is 0 Å². The number of amides is 2. The van der Waals surface area contributed by atoms with Crippen molar-refractivity contribution in [3.8, 4) is 0 Å². The Kier molecular flexibility index (Phi) is 5.17. The number of para-hydroxylation sites is 1. The van der Waals surface area contributed by atoms with Crippen molar-refractivity contribution in [3.63, 3.8) is 0 Å². The van der Waals surface area contributed by atoms with Gasteiger partial charge in [0.25, 0.3) is 5.91 Å². The molecule has 0 atom stereocenters. The van der Waals surface area contributed by atoms with Crippen LogP contribution >= 0.6 is 23.2 Å². The predicted octanol–water partition coefficient (Wildman–Crippen LogP) is 4.84. The maximum Gasteiger partial charge on any atom is 0.258 e. The lowest BCUT2D eigenvalue weighted by Gasteiger charge is -2.14. The number of nitrogens with zero attached hydrogens (tertiary/aromatic N) is 1. The lowest BCUT2D eigenvalue weighted by Crippen LogP contribution is -2.17. The summed E-state index contributed by atoms with van der Waals surface area (Å²) < 4.78 is 0. The second-order valence-electron chi connectivity index (χ2n) is 5.81. The van der Waals surface area contributed by atoms with E-state index in [-0.39, 0.29) is 15.6 Å². The molecule has 3 N–H and O–H groups in total. The Balaban J connectivity index is 2.18. The molecule has 0 aliphatic heterocycles. The number of aryl methyl sites for hydroxylation is 1. The smallest absolute Gasteiger partial charge is 0.258 e. The monoisotopic (exact) mass is 399 g/mol. The molecule has 0 saturated heterocycles. The molecule has 0 radical (unpaired) electrons. The molecular weight excluding hydrogens is 385 g/mol. The largest absolute Gasteiger partial charge is 0.366 e. The number of primary amides is 1. The number of aromatic nitrogens is 1. The van der Waals surface area contributed by atoms with Crippen LogP contribution in [0.3, 0.4) is 0 Å². The minimum atomic E-state index is -0.599. The number of carbonyl (C=O) groups excluding carboxylic acids is 2. The Morgan fingerprint density at radius 3 is 2.33 bits per heavy atom. The first kappa shape index (κ1) is 18.9. The standard InChI is InChI=1S/C20H15Cl2N3O2/c1-3-11-10(2)24-18-12(16(11)19(23)26)6-4-9-15(18)25-20(27)17-13(21)7-5-8-14(17)22/h3-9H,1H2,2H3,(H2,23,26)(H,25,27). The van der Waals surface area contributed by atoms with Crippen LogP contribution in [0.5, 0.6) is 0 Å². The summed E-state index contributed by atoms with van der Waals surface area (Å²) in [5.74, 6) is -1.08. The third-order valence-corrected chi connectivity index (χ3v) is 4.76. The van der Waals surface area contributed by atoms with Gasteiger partial charge in [0.2, 0.25) is 5.91 Å². The Hall–Kier alpha value is -2.89. The average Bonchev–Trinajstić information content (AvgIpc) is 2.60. The van der Waals surface area contributed by atoms with Gasteiger partial charge >= 0.3 is 0 Å². The van der Waals surface area contributed by atoms with Gasteiger partial charge in [0.1, 0.15) is 0 Å². The topological polar surface area (TPSA) is 85.1 Å². The highest BCUT2D eigenvalue weighted by Gasteiger charge is 2.19. The molecule has 136 valence electrons. The molecule has 3 aromatic rings. The Bertz CT molecular complexity index is 1090. The molecule has 5 nitrogen and oxygen atoms in total. The van der Waals surface area contributed by atoms with E-state index in [2.05, 4.69) is 16.9 Å².